The van der Waals surface area contributed by atoms with Gasteiger partial charge in [0.25, 0.3) is 0 Å². The van der Waals surface area contributed by atoms with Crippen molar-refractivity contribution >= 4 is 11.8 Å². The number of carbonyl (C=O) groups is 2. The lowest BCUT2D eigenvalue weighted by atomic mass is 9.98. The number of likely N-dealkylation sites (tertiary alicyclic amines) is 1. The first kappa shape index (κ1) is 16.7. The lowest BCUT2D eigenvalue weighted by molar-refractivity contribution is -0.136. The predicted molar refractivity (Wildman–Crippen MR) is 89.6 cm³/mol. The fourth-order valence-corrected chi connectivity index (χ4v) is 3.51. The van der Waals surface area contributed by atoms with Crippen LogP contribution < -0.4 is 0 Å². The van der Waals surface area contributed by atoms with Crippen molar-refractivity contribution in [3.05, 3.63) is 29.9 Å². The summed E-state index contributed by atoms with van der Waals surface area (Å²) in [6.07, 6.45) is 5.83. The molecule has 26 heavy (non-hydrogen) atoms. The van der Waals surface area contributed by atoms with Crippen LogP contribution in [0.25, 0.3) is 0 Å². The average Bonchev–Trinajstić information content (AvgIpc) is 3.11. The molecule has 2 fully saturated rings. The summed E-state index contributed by atoms with van der Waals surface area (Å²) in [5, 5.41) is 3.97. The largest absolute Gasteiger partial charge is 0.339 e. The third kappa shape index (κ3) is 2.87. The van der Waals surface area contributed by atoms with Crippen LogP contribution in [-0.4, -0.2) is 55.4 Å². The highest BCUT2D eigenvalue weighted by Crippen LogP contribution is 2.39. The first-order valence-corrected chi connectivity index (χ1v) is 8.76. The second kappa shape index (κ2) is 6.22. The van der Waals surface area contributed by atoms with Crippen LogP contribution in [0.1, 0.15) is 48.8 Å². The molecule has 2 aliphatic rings. The molecule has 0 bridgehead atoms. The fourth-order valence-electron chi connectivity index (χ4n) is 3.51. The number of hydrogen-bond acceptors (Lipinski definition) is 6. The molecule has 2 aromatic heterocycles. The van der Waals surface area contributed by atoms with E-state index < -0.39 is 5.92 Å². The molecule has 0 radical (unpaired) electrons. The van der Waals surface area contributed by atoms with E-state index >= 15 is 0 Å². The van der Waals surface area contributed by atoms with Crippen LogP contribution in [0.3, 0.4) is 0 Å². The molecular formula is C17H22N6O3. The lowest BCUT2D eigenvalue weighted by Gasteiger charge is -2.26. The Morgan fingerprint density at radius 3 is 2.81 bits per heavy atom. The van der Waals surface area contributed by atoms with Crippen LogP contribution in [0, 0.1) is 5.92 Å². The zero-order chi connectivity index (χ0) is 18.4. The van der Waals surface area contributed by atoms with E-state index in [0.717, 1.165) is 12.8 Å². The van der Waals surface area contributed by atoms with Gasteiger partial charge in [0.15, 0.2) is 5.82 Å². The molecule has 1 aliphatic carbocycles. The van der Waals surface area contributed by atoms with E-state index in [0.29, 0.717) is 23.5 Å². The summed E-state index contributed by atoms with van der Waals surface area (Å²) in [7, 11) is 5.28. The molecule has 138 valence electrons. The van der Waals surface area contributed by atoms with Gasteiger partial charge in [0.1, 0.15) is 11.9 Å². The third-order valence-corrected chi connectivity index (χ3v) is 5.19. The van der Waals surface area contributed by atoms with Crippen molar-refractivity contribution in [3.8, 4) is 0 Å². The van der Waals surface area contributed by atoms with E-state index in [9.17, 15) is 9.59 Å². The van der Waals surface area contributed by atoms with E-state index in [4.69, 9.17) is 4.52 Å². The Kier molecular flexibility index (Phi) is 4.01. The lowest BCUT2D eigenvalue weighted by Crippen LogP contribution is -2.36. The number of rotatable bonds is 5. The third-order valence-electron chi connectivity index (χ3n) is 5.19. The number of aryl methyl sites for hydroxylation is 1. The van der Waals surface area contributed by atoms with Gasteiger partial charge in [-0.05, 0) is 12.8 Å². The fraction of sp³-hybridized carbons (Fsp3) is 0.588. The van der Waals surface area contributed by atoms with Crippen LogP contribution >= 0.6 is 0 Å². The second-order valence-electron chi connectivity index (χ2n) is 7.17. The molecule has 9 heteroatoms. The summed E-state index contributed by atoms with van der Waals surface area (Å²) in [5.74, 6) is 1.59. The summed E-state index contributed by atoms with van der Waals surface area (Å²) in [5.41, 5.74) is 0. The zero-order valence-corrected chi connectivity index (χ0v) is 15.1. The molecule has 2 aromatic rings. The Bertz CT molecular complexity index is 839. The summed E-state index contributed by atoms with van der Waals surface area (Å²) in [6.45, 7) is 0.261. The van der Waals surface area contributed by atoms with Gasteiger partial charge in [0, 0.05) is 45.9 Å². The number of aromatic nitrogens is 4. The molecule has 2 amide bonds. The maximum atomic E-state index is 13.0. The highest BCUT2D eigenvalue weighted by molar-refractivity contribution is 5.90. The van der Waals surface area contributed by atoms with Crippen molar-refractivity contribution in [3.63, 3.8) is 0 Å². The highest BCUT2D eigenvalue weighted by Gasteiger charge is 2.45. The van der Waals surface area contributed by atoms with E-state index in [-0.39, 0.29) is 30.8 Å². The number of hydrogen-bond donors (Lipinski definition) is 0. The molecule has 1 saturated heterocycles. The molecule has 3 heterocycles. The van der Waals surface area contributed by atoms with Gasteiger partial charge < -0.3 is 18.9 Å². The van der Waals surface area contributed by atoms with Crippen molar-refractivity contribution < 1.29 is 14.1 Å². The Balaban J connectivity index is 1.51. The first-order chi connectivity index (χ1) is 12.5. The van der Waals surface area contributed by atoms with E-state index in [1.807, 2.05) is 17.8 Å². The van der Waals surface area contributed by atoms with Crippen molar-refractivity contribution in [2.45, 2.75) is 37.8 Å². The van der Waals surface area contributed by atoms with Gasteiger partial charge >= 0.3 is 0 Å². The monoisotopic (exact) mass is 358 g/mol. The molecule has 1 saturated carbocycles. The summed E-state index contributed by atoms with van der Waals surface area (Å²) < 4.78 is 7.10. The maximum Gasteiger partial charge on any atom is 0.229 e. The summed E-state index contributed by atoms with van der Waals surface area (Å²) in [6, 6.07) is -0.371. The van der Waals surface area contributed by atoms with Crippen LogP contribution in [0.4, 0.5) is 0 Å². The van der Waals surface area contributed by atoms with E-state index in [2.05, 4.69) is 15.1 Å². The maximum absolute atomic E-state index is 13.0. The molecule has 2 atom stereocenters. The topological polar surface area (TPSA) is 97.4 Å². The molecule has 0 N–H and O–H groups in total. The van der Waals surface area contributed by atoms with Crippen molar-refractivity contribution in [2.24, 2.45) is 13.0 Å². The van der Waals surface area contributed by atoms with Gasteiger partial charge in [0.05, 0.1) is 12.5 Å². The first-order valence-electron chi connectivity index (χ1n) is 8.76. The molecule has 0 unspecified atom stereocenters. The van der Waals surface area contributed by atoms with Crippen LogP contribution in [-0.2, 0) is 23.2 Å². The van der Waals surface area contributed by atoms with Gasteiger partial charge in [-0.2, -0.15) is 4.98 Å². The van der Waals surface area contributed by atoms with E-state index in [1.54, 1.807) is 30.1 Å². The molecular weight excluding hydrogens is 336 g/mol. The van der Waals surface area contributed by atoms with Gasteiger partial charge in [0.2, 0.25) is 17.7 Å². The quantitative estimate of drug-likeness (QED) is 0.786. The molecule has 9 nitrogen and oxygen atoms in total. The number of imidazole rings is 1. The van der Waals surface area contributed by atoms with Crippen LogP contribution in [0.2, 0.25) is 0 Å². The standard InChI is InChI=1S/C17H22N6O3/c1-21-7-6-18-15(21)14-11(8-13(24)23(14)3)17(25)22(2)9-12-19-16(26-20-12)10-4-5-10/h6-7,10-11,14H,4-5,8-9H2,1-3H3/t11-,14-/m0/s1. The van der Waals surface area contributed by atoms with Crippen molar-refractivity contribution in [1.82, 2.24) is 29.5 Å². The Morgan fingerprint density at radius 1 is 1.38 bits per heavy atom. The normalized spacial score (nSPS) is 22.9. The van der Waals surface area contributed by atoms with Gasteiger partial charge in [-0.3, -0.25) is 9.59 Å². The SMILES string of the molecule is CN(Cc1noc(C2CC2)n1)C(=O)[C@H]1CC(=O)N(C)[C@@H]1c1nccn1C. The molecule has 1 aliphatic heterocycles. The number of nitrogens with zero attached hydrogens (tertiary/aromatic N) is 6. The van der Waals surface area contributed by atoms with Gasteiger partial charge in [-0.1, -0.05) is 5.16 Å². The van der Waals surface area contributed by atoms with Crippen molar-refractivity contribution in [1.29, 1.82) is 0 Å². The molecule has 0 spiro atoms. The van der Waals surface area contributed by atoms with Gasteiger partial charge in [-0.25, -0.2) is 4.98 Å². The van der Waals surface area contributed by atoms with Crippen molar-refractivity contribution in [2.75, 3.05) is 14.1 Å². The molecule has 4 rings (SSSR count). The molecule has 0 aromatic carbocycles. The minimum absolute atomic E-state index is 0.0552. The van der Waals surface area contributed by atoms with E-state index in [1.165, 1.54) is 0 Å². The Morgan fingerprint density at radius 2 is 2.15 bits per heavy atom. The van der Waals surface area contributed by atoms with Crippen LogP contribution in [0.15, 0.2) is 16.9 Å². The predicted octanol–water partition coefficient (Wildman–Crippen LogP) is 0.858. The minimum Gasteiger partial charge on any atom is -0.339 e. The Labute approximate surface area is 151 Å². The number of carbonyl (C=O) groups excluding carboxylic acids is 2. The average molecular weight is 358 g/mol. The zero-order valence-electron chi connectivity index (χ0n) is 15.1. The Hall–Kier alpha value is -2.71. The minimum atomic E-state index is -0.478. The van der Waals surface area contributed by atoms with Gasteiger partial charge in [-0.15, -0.1) is 0 Å². The highest BCUT2D eigenvalue weighted by atomic mass is 16.5. The summed E-state index contributed by atoms with van der Waals surface area (Å²) in [4.78, 5) is 37.2. The second-order valence-corrected chi connectivity index (χ2v) is 7.17. The number of amides is 2. The van der Waals surface area contributed by atoms with Crippen LogP contribution in [0.5, 0.6) is 0 Å². The summed E-state index contributed by atoms with van der Waals surface area (Å²) >= 11 is 0. The smallest absolute Gasteiger partial charge is 0.229 e.